The first kappa shape index (κ1) is 15.9. The van der Waals surface area contributed by atoms with Crippen molar-refractivity contribution in [3.8, 4) is 0 Å². The third-order valence-electron chi connectivity index (χ3n) is 3.94. The van der Waals surface area contributed by atoms with E-state index in [4.69, 9.17) is 0 Å². The van der Waals surface area contributed by atoms with Crippen LogP contribution in [0.4, 0.5) is 5.69 Å². The minimum absolute atomic E-state index is 0.115. The molecule has 1 saturated heterocycles. The molecule has 0 aromatic heterocycles. The number of nitrogens with zero attached hydrogens (tertiary/aromatic N) is 2. The second-order valence-corrected chi connectivity index (χ2v) is 7.85. The van der Waals surface area contributed by atoms with Gasteiger partial charge in [0.15, 0.2) is 0 Å². The van der Waals surface area contributed by atoms with E-state index in [0.29, 0.717) is 12.5 Å². The van der Waals surface area contributed by atoms with Crippen LogP contribution in [0.25, 0.3) is 0 Å². The Morgan fingerprint density at radius 3 is 2.29 bits per heavy atom. The van der Waals surface area contributed by atoms with E-state index in [9.17, 15) is 18.5 Å². The second kappa shape index (κ2) is 6.53. The average molecular weight is 312 g/mol. The molecule has 7 heteroatoms. The van der Waals surface area contributed by atoms with E-state index < -0.39 is 14.8 Å². The molecule has 0 radical (unpaired) electrons. The van der Waals surface area contributed by atoms with E-state index in [1.165, 1.54) is 6.26 Å². The number of sulfone groups is 1. The summed E-state index contributed by atoms with van der Waals surface area (Å²) in [5, 5.41) is 10.6. The molecular formula is C14H20N2O4S. The van der Waals surface area contributed by atoms with Crippen LogP contribution in [0.15, 0.2) is 24.3 Å². The summed E-state index contributed by atoms with van der Waals surface area (Å²) in [4.78, 5) is 12.4. The van der Waals surface area contributed by atoms with Crippen LogP contribution >= 0.6 is 0 Å². The standard InChI is InChI=1S/C14H20N2O4S/c1-21(19,20)11-10-15-8-6-13(7-9-15)12-2-4-14(5-3-12)16(17)18/h2-5,13H,6-11H2,1H3. The van der Waals surface area contributed by atoms with Gasteiger partial charge in [-0.3, -0.25) is 10.1 Å². The highest BCUT2D eigenvalue weighted by Gasteiger charge is 2.21. The van der Waals surface area contributed by atoms with E-state index in [2.05, 4.69) is 4.90 Å². The highest BCUT2D eigenvalue weighted by atomic mass is 32.2. The number of hydrogen-bond acceptors (Lipinski definition) is 5. The molecule has 1 aromatic carbocycles. The van der Waals surface area contributed by atoms with Gasteiger partial charge in [-0.2, -0.15) is 0 Å². The van der Waals surface area contributed by atoms with Gasteiger partial charge in [-0.15, -0.1) is 0 Å². The summed E-state index contributed by atoms with van der Waals surface area (Å²) < 4.78 is 22.3. The second-order valence-electron chi connectivity index (χ2n) is 5.59. The first-order valence-electron chi connectivity index (χ1n) is 6.99. The highest BCUT2D eigenvalue weighted by Crippen LogP contribution is 2.29. The first-order chi connectivity index (χ1) is 9.85. The van der Waals surface area contributed by atoms with Crippen molar-refractivity contribution in [3.05, 3.63) is 39.9 Å². The predicted octanol–water partition coefficient (Wildman–Crippen LogP) is 1.82. The van der Waals surface area contributed by atoms with Gasteiger partial charge in [0.2, 0.25) is 0 Å². The van der Waals surface area contributed by atoms with Crippen molar-refractivity contribution in [2.24, 2.45) is 0 Å². The van der Waals surface area contributed by atoms with Gasteiger partial charge in [0.1, 0.15) is 9.84 Å². The molecule has 0 N–H and O–H groups in total. The fourth-order valence-electron chi connectivity index (χ4n) is 2.65. The predicted molar refractivity (Wildman–Crippen MR) is 81.2 cm³/mol. The van der Waals surface area contributed by atoms with Gasteiger partial charge in [0, 0.05) is 24.9 Å². The lowest BCUT2D eigenvalue weighted by Gasteiger charge is -2.31. The van der Waals surface area contributed by atoms with Crippen LogP contribution in [0, 0.1) is 10.1 Å². The summed E-state index contributed by atoms with van der Waals surface area (Å²) >= 11 is 0. The molecule has 1 aromatic rings. The zero-order valence-corrected chi connectivity index (χ0v) is 12.9. The molecular weight excluding hydrogens is 292 g/mol. The number of benzene rings is 1. The fourth-order valence-corrected chi connectivity index (χ4v) is 3.24. The third kappa shape index (κ3) is 4.78. The molecule has 0 saturated carbocycles. The number of nitro benzene ring substituents is 1. The lowest BCUT2D eigenvalue weighted by molar-refractivity contribution is -0.384. The molecule has 1 aliphatic heterocycles. The maximum atomic E-state index is 11.2. The Morgan fingerprint density at radius 1 is 1.24 bits per heavy atom. The minimum Gasteiger partial charge on any atom is -0.302 e. The maximum Gasteiger partial charge on any atom is 0.269 e. The van der Waals surface area contributed by atoms with Crippen LogP contribution in [0.1, 0.15) is 24.3 Å². The molecule has 6 nitrogen and oxygen atoms in total. The van der Waals surface area contributed by atoms with Crippen molar-refractivity contribution in [3.63, 3.8) is 0 Å². The summed E-state index contributed by atoms with van der Waals surface area (Å²) in [5.41, 5.74) is 1.24. The number of non-ortho nitro benzene ring substituents is 1. The van der Waals surface area contributed by atoms with Crippen molar-refractivity contribution in [2.45, 2.75) is 18.8 Å². The van der Waals surface area contributed by atoms with E-state index >= 15 is 0 Å². The van der Waals surface area contributed by atoms with E-state index in [1.54, 1.807) is 12.1 Å². The Balaban J connectivity index is 1.87. The normalized spacial score (nSPS) is 17.8. The van der Waals surface area contributed by atoms with Crippen LogP contribution in [-0.2, 0) is 9.84 Å². The van der Waals surface area contributed by atoms with E-state index in [0.717, 1.165) is 31.5 Å². The molecule has 0 amide bonds. The quantitative estimate of drug-likeness (QED) is 0.612. The van der Waals surface area contributed by atoms with Gasteiger partial charge < -0.3 is 4.90 Å². The van der Waals surface area contributed by atoms with Gasteiger partial charge >= 0.3 is 0 Å². The molecule has 0 atom stereocenters. The number of nitro groups is 1. The number of likely N-dealkylation sites (tertiary alicyclic amines) is 1. The van der Waals surface area contributed by atoms with E-state index in [1.807, 2.05) is 12.1 Å². The Morgan fingerprint density at radius 2 is 1.81 bits per heavy atom. The molecule has 2 rings (SSSR count). The lowest BCUT2D eigenvalue weighted by atomic mass is 9.89. The molecule has 0 aliphatic carbocycles. The summed E-state index contributed by atoms with van der Waals surface area (Å²) in [7, 11) is -2.91. The van der Waals surface area contributed by atoms with Gasteiger partial charge in [0.25, 0.3) is 5.69 Å². The van der Waals surface area contributed by atoms with Crippen molar-refractivity contribution in [1.82, 2.24) is 4.90 Å². The summed E-state index contributed by atoms with van der Waals surface area (Å²) in [6.45, 7) is 2.33. The minimum atomic E-state index is -2.91. The molecule has 21 heavy (non-hydrogen) atoms. The summed E-state index contributed by atoms with van der Waals surface area (Å²) in [6, 6.07) is 6.75. The van der Waals surface area contributed by atoms with Crippen LogP contribution < -0.4 is 0 Å². The van der Waals surface area contributed by atoms with Crippen LogP contribution in [0.2, 0.25) is 0 Å². The Labute approximate surface area is 124 Å². The first-order valence-corrected chi connectivity index (χ1v) is 9.05. The SMILES string of the molecule is CS(=O)(=O)CCN1CCC(c2ccc([N+](=O)[O-])cc2)CC1. The summed E-state index contributed by atoms with van der Waals surface area (Å²) in [6.07, 6.45) is 3.18. The monoisotopic (exact) mass is 312 g/mol. The van der Waals surface area contributed by atoms with Crippen LogP contribution in [-0.4, -0.2) is 49.9 Å². The molecule has 0 bridgehead atoms. The highest BCUT2D eigenvalue weighted by molar-refractivity contribution is 7.90. The molecule has 116 valence electrons. The van der Waals surface area contributed by atoms with Crippen molar-refractivity contribution >= 4 is 15.5 Å². The Hall–Kier alpha value is -1.47. The van der Waals surface area contributed by atoms with Gasteiger partial charge in [0.05, 0.1) is 10.7 Å². The maximum absolute atomic E-state index is 11.2. The average Bonchev–Trinajstić information content (AvgIpc) is 2.45. The molecule has 1 fully saturated rings. The fraction of sp³-hybridized carbons (Fsp3) is 0.571. The van der Waals surface area contributed by atoms with Gasteiger partial charge in [-0.25, -0.2) is 8.42 Å². The van der Waals surface area contributed by atoms with Gasteiger partial charge in [-0.1, -0.05) is 12.1 Å². The van der Waals surface area contributed by atoms with E-state index in [-0.39, 0.29) is 11.4 Å². The molecule has 1 heterocycles. The molecule has 1 aliphatic rings. The van der Waals surface area contributed by atoms with Crippen molar-refractivity contribution in [1.29, 1.82) is 0 Å². The zero-order valence-electron chi connectivity index (χ0n) is 12.1. The van der Waals surface area contributed by atoms with Crippen LogP contribution in [0.3, 0.4) is 0 Å². The molecule has 0 unspecified atom stereocenters. The number of rotatable bonds is 5. The zero-order chi connectivity index (χ0) is 15.5. The third-order valence-corrected chi connectivity index (χ3v) is 4.87. The Bertz CT molecular complexity index is 590. The lowest BCUT2D eigenvalue weighted by Crippen LogP contribution is -2.36. The topological polar surface area (TPSA) is 80.5 Å². The van der Waals surface area contributed by atoms with Crippen molar-refractivity contribution < 1.29 is 13.3 Å². The summed E-state index contributed by atoms with van der Waals surface area (Å²) in [5.74, 6) is 0.607. The number of hydrogen-bond donors (Lipinski definition) is 0. The van der Waals surface area contributed by atoms with Gasteiger partial charge in [-0.05, 0) is 37.4 Å². The smallest absolute Gasteiger partial charge is 0.269 e. The Kier molecular flexibility index (Phi) is 4.95. The van der Waals surface area contributed by atoms with Crippen molar-refractivity contribution in [2.75, 3.05) is 31.6 Å². The van der Waals surface area contributed by atoms with Crippen LogP contribution in [0.5, 0.6) is 0 Å². The largest absolute Gasteiger partial charge is 0.302 e. The molecule has 0 spiro atoms. The number of piperidine rings is 1.